The maximum Gasteiger partial charge on any atom is 0.573 e. The lowest BCUT2D eigenvalue weighted by atomic mass is 9.96. The number of rotatable bonds is 6. The van der Waals surface area contributed by atoms with Gasteiger partial charge < -0.3 is 19.4 Å². The summed E-state index contributed by atoms with van der Waals surface area (Å²) in [5, 5.41) is 4.08. The number of halogens is 4. The highest BCUT2D eigenvalue weighted by atomic mass is 19.4. The van der Waals surface area contributed by atoms with Crippen molar-refractivity contribution in [2.45, 2.75) is 44.5 Å². The van der Waals surface area contributed by atoms with Crippen LogP contribution in [0.15, 0.2) is 77.9 Å². The van der Waals surface area contributed by atoms with E-state index < -0.39 is 12.2 Å². The number of fused-ring (bicyclic) bond motifs is 2. The SMILES string of the molecule is COc1ncccc1Nc1cc2nc3cc(F)ccc3n(-c3ccc(OC(F)(F)F)cc3)c-2cc1=NC1CCCCC1. The van der Waals surface area contributed by atoms with Crippen molar-refractivity contribution in [2.75, 3.05) is 12.4 Å². The zero-order valence-corrected chi connectivity index (χ0v) is 22.7. The van der Waals surface area contributed by atoms with E-state index in [1.807, 2.05) is 22.8 Å². The molecule has 0 atom stereocenters. The highest BCUT2D eigenvalue weighted by Crippen LogP contribution is 2.33. The van der Waals surface area contributed by atoms with Gasteiger partial charge in [-0.05, 0) is 73.5 Å². The first-order valence-corrected chi connectivity index (χ1v) is 13.6. The molecule has 0 bridgehead atoms. The molecule has 1 aliphatic heterocycles. The van der Waals surface area contributed by atoms with Gasteiger partial charge in [-0.25, -0.2) is 14.4 Å². The number of hydrogen-bond donors (Lipinski definition) is 1. The molecule has 216 valence electrons. The molecule has 1 N–H and O–H groups in total. The van der Waals surface area contributed by atoms with Gasteiger partial charge in [0.25, 0.3) is 0 Å². The molecule has 42 heavy (non-hydrogen) atoms. The summed E-state index contributed by atoms with van der Waals surface area (Å²) in [4.78, 5) is 14.2. The van der Waals surface area contributed by atoms with Crippen LogP contribution in [0, 0.1) is 5.82 Å². The molecule has 7 nitrogen and oxygen atoms in total. The number of hydrogen-bond acceptors (Lipinski definition) is 6. The molecule has 0 saturated heterocycles. The van der Waals surface area contributed by atoms with Crippen molar-refractivity contribution in [3.63, 3.8) is 0 Å². The molecule has 11 heteroatoms. The number of benzene rings is 3. The van der Waals surface area contributed by atoms with Crippen molar-refractivity contribution in [1.82, 2.24) is 14.5 Å². The fourth-order valence-electron chi connectivity index (χ4n) is 5.35. The molecule has 1 saturated carbocycles. The summed E-state index contributed by atoms with van der Waals surface area (Å²) in [6.45, 7) is 0. The second kappa shape index (κ2) is 11.3. The third kappa shape index (κ3) is 5.86. The Morgan fingerprint density at radius 3 is 2.48 bits per heavy atom. The standard InChI is InChI=1S/C31H27F4N5O2/c1-41-30-23(8-5-15-36-30)38-24-17-27-29(18-25(24)37-20-6-3-2-4-7-20)40(28-14-9-19(32)16-26(28)39-27)21-10-12-22(13-11-21)42-31(33,34)35/h5,8-18,20,38H,2-4,6-7H2,1H3. The predicted octanol–water partition coefficient (Wildman–Crippen LogP) is 7.55. The Bertz CT molecular complexity index is 1760. The summed E-state index contributed by atoms with van der Waals surface area (Å²) < 4.78 is 64.1. The Hall–Kier alpha value is -4.67. The van der Waals surface area contributed by atoms with Crippen LogP contribution in [0.1, 0.15) is 32.1 Å². The topological polar surface area (TPSA) is 73.6 Å². The first kappa shape index (κ1) is 27.5. The van der Waals surface area contributed by atoms with E-state index >= 15 is 0 Å². The summed E-state index contributed by atoms with van der Waals surface area (Å²) in [7, 11) is 1.54. The molecule has 2 heterocycles. The second-order valence-corrected chi connectivity index (χ2v) is 10.1. The van der Waals surface area contributed by atoms with Crippen molar-refractivity contribution in [3.8, 4) is 28.7 Å². The molecule has 0 radical (unpaired) electrons. The van der Waals surface area contributed by atoms with Gasteiger partial charge in [-0.1, -0.05) is 19.3 Å². The summed E-state index contributed by atoms with van der Waals surface area (Å²) >= 11 is 0. The van der Waals surface area contributed by atoms with E-state index in [0.29, 0.717) is 50.7 Å². The Balaban J connectivity index is 1.58. The summed E-state index contributed by atoms with van der Waals surface area (Å²) in [5.41, 5.74) is 3.98. The number of nitrogens with zero attached hydrogens (tertiary/aromatic N) is 4. The molecule has 1 fully saturated rings. The number of ether oxygens (including phenoxy) is 2. The Kier molecular flexibility index (Phi) is 7.40. The molecule has 3 aliphatic rings. The largest absolute Gasteiger partial charge is 0.573 e. The number of pyridine rings is 1. The first-order valence-electron chi connectivity index (χ1n) is 13.6. The Labute approximate surface area is 238 Å². The van der Waals surface area contributed by atoms with E-state index in [2.05, 4.69) is 15.0 Å². The van der Waals surface area contributed by atoms with Crippen LogP contribution in [0.5, 0.6) is 11.6 Å². The molecular formula is C31H27F4N5O2. The zero-order chi connectivity index (χ0) is 29.3. The van der Waals surface area contributed by atoms with Crippen molar-refractivity contribution < 1.29 is 27.0 Å². The lowest BCUT2D eigenvalue weighted by Crippen LogP contribution is -2.20. The van der Waals surface area contributed by atoms with E-state index in [0.717, 1.165) is 25.7 Å². The second-order valence-electron chi connectivity index (χ2n) is 10.1. The normalized spacial score (nSPS) is 14.8. The zero-order valence-electron chi connectivity index (χ0n) is 22.7. The predicted molar refractivity (Wildman–Crippen MR) is 151 cm³/mol. The summed E-state index contributed by atoms with van der Waals surface area (Å²) in [5.74, 6) is -0.395. The molecule has 2 aromatic carbocycles. The number of alkyl halides is 3. The molecule has 6 rings (SSSR count). The van der Waals surface area contributed by atoms with Gasteiger partial charge >= 0.3 is 6.36 Å². The molecule has 1 aromatic heterocycles. The Morgan fingerprint density at radius 1 is 0.952 bits per heavy atom. The fourth-order valence-corrected chi connectivity index (χ4v) is 5.35. The van der Waals surface area contributed by atoms with E-state index in [1.165, 1.54) is 49.9 Å². The van der Waals surface area contributed by atoms with Gasteiger partial charge in [-0.15, -0.1) is 13.2 Å². The van der Waals surface area contributed by atoms with Crippen LogP contribution < -0.4 is 20.1 Å². The molecule has 0 amide bonds. The fraction of sp³-hybridized carbons (Fsp3) is 0.258. The molecule has 2 aliphatic carbocycles. The average Bonchev–Trinajstić information content (AvgIpc) is 2.97. The highest BCUT2D eigenvalue weighted by molar-refractivity contribution is 5.84. The van der Waals surface area contributed by atoms with Crippen molar-refractivity contribution in [3.05, 3.63) is 84.1 Å². The molecule has 0 spiro atoms. The van der Waals surface area contributed by atoms with Crippen molar-refractivity contribution >= 4 is 22.4 Å². The van der Waals surface area contributed by atoms with Crippen LogP contribution in [0.3, 0.4) is 0 Å². The van der Waals surface area contributed by atoms with E-state index in [4.69, 9.17) is 14.7 Å². The van der Waals surface area contributed by atoms with Crippen LogP contribution in [0.25, 0.3) is 28.1 Å². The highest BCUT2D eigenvalue weighted by Gasteiger charge is 2.31. The maximum atomic E-state index is 14.3. The molecule has 3 aromatic rings. The minimum absolute atomic E-state index is 0.141. The number of methoxy groups -OCH3 is 1. The van der Waals surface area contributed by atoms with E-state index in [-0.39, 0.29) is 11.8 Å². The lowest BCUT2D eigenvalue weighted by molar-refractivity contribution is -0.274. The van der Waals surface area contributed by atoms with Gasteiger partial charge in [0, 0.05) is 18.0 Å². The van der Waals surface area contributed by atoms with Gasteiger partial charge in [0.1, 0.15) is 17.3 Å². The minimum atomic E-state index is -4.81. The van der Waals surface area contributed by atoms with Gasteiger partial charge in [0.15, 0.2) is 0 Å². The summed E-state index contributed by atoms with van der Waals surface area (Å²) in [6, 6.07) is 17.3. The third-order valence-electron chi connectivity index (χ3n) is 7.21. The maximum absolute atomic E-state index is 14.3. The molecular weight excluding hydrogens is 550 g/mol. The summed E-state index contributed by atoms with van der Waals surface area (Å²) in [6.07, 6.45) is 2.16. The van der Waals surface area contributed by atoms with Crippen molar-refractivity contribution in [1.29, 1.82) is 0 Å². The average molecular weight is 578 g/mol. The Morgan fingerprint density at radius 2 is 1.74 bits per heavy atom. The van der Waals surface area contributed by atoms with Crippen LogP contribution in [0.2, 0.25) is 0 Å². The third-order valence-corrected chi connectivity index (χ3v) is 7.21. The number of nitrogens with one attached hydrogen (secondary N) is 1. The monoisotopic (exact) mass is 577 g/mol. The smallest absolute Gasteiger partial charge is 0.480 e. The van der Waals surface area contributed by atoms with Crippen molar-refractivity contribution in [2.24, 2.45) is 4.99 Å². The first-order chi connectivity index (χ1) is 20.3. The number of aromatic nitrogens is 3. The minimum Gasteiger partial charge on any atom is -0.480 e. The number of anilines is 2. The van der Waals surface area contributed by atoms with Crippen LogP contribution in [0.4, 0.5) is 28.9 Å². The van der Waals surface area contributed by atoms with E-state index in [1.54, 1.807) is 18.3 Å². The van der Waals surface area contributed by atoms with Gasteiger partial charge in [0.05, 0.1) is 46.6 Å². The van der Waals surface area contributed by atoms with Crippen LogP contribution >= 0.6 is 0 Å². The van der Waals surface area contributed by atoms with Crippen LogP contribution in [-0.4, -0.2) is 34.0 Å². The lowest BCUT2D eigenvalue weighted by Gasteiger charge is -2.22. The van der Waals surface area contributed by atoms with E-state index in [9.17, 15) is 17.6 Å². The van der Waals surface area contributed by atoms with Crippen LogP contribution in [-0.2, 0) is 0 Å². The van der Waals surface area contributed by atoms with Gasteiger partial charge in [-0.3, -0.25) is 4.99 Å². The van der Waals surface area contributed by atoms with Gasteiger partial charge in [-0.2, -0.15) is 0 Å². The molecule has 0 unspecified atom stereocenters. The van der Waals surface area contributed by atoms with Gasteiger partial charge in [0.2, 0.25) is 5.88 Å². The quantitative estimate of drug-likeness (QED) is 0.167.